The molecule has 0 saturated heterocycles. The van der Waals surface area contributed by atoms with Crippen molar-refractivity contribution in [1.29, 1.82) is 0 Å². The highest BCUT2D eigenvalue weighted by Crippen LogP contribution is 2.28. The Hall–Kier alpha value is -3.48. The molecule has 1 heterocycles. The lowest BCUT2D eigenvalue weighted by atomic mass is 10.00. The van der Waals surface area contributed by atoms with Crippen LogP contribution in [0.1, 0.15) is 67.9 Å². The summed E-state index contributed by atoms with van der Waals surface area (Å²) in [5.74, 6) is 0.491. The molecule has 2 N–H and O–H groups in total. The first-order valence-corrected chi connectivity index (χ1v) is 11.3. The molecule has 0 spiro atoms. The van der Waals surface area contributed by atoms with Crippen LogP contribution in [-0.4, -0.2) is 35.8 Å². The van der Waals surface area contributed by atoms with E-state index in [-0.39, 0.29) is 11.7 Å². The molecule has 2 amide bonds. The van der Waals surface area contributed by atoms with Gasteiger partial charge in [0.25, 0.3) is 0 Å². The molecule has 1 aliphatic heterocycles. The number of nitrogens with one attached hydrogen (secondary N) is 2. The molecule has 0 radical (unpaired) electrons. The molecule has 33 heavy (non-hydrogen) atoms. The molecule has 7 nitrogen and oxygen atoms in total. The van der Waals surface area contributed by atoms with E-state index in [9.17, 15) is 14.4 Å². The summed E-state index contributed by atoms with van der Waals surface area (Å²) in [4.78, 5) is 41.0. The van der Waals surface area contributed by atoms with Crippen molar-refractivity contribution in [2.45, 2.75) is 58.5 Å². The van der Waals surface area contributed by atoms with Crippen LogP contribution >= 0.6 is 0 Å². The van der Waals surface area contributed by atoms with Crippen molar-refractivity contribution in [3.8, 4) is 0 Å². The standard InChI is InChI=1S/C26H31N3O4/c1-26(2,3)33-25(32)27-15-9-5-8-12-23(30)29-22-17-20-16-19(13-14-21(20)28-22)24(31)18-10-6-4-7-11-18/h4,6-7,10-11,13-14,16H,5,8-9,12,15,17H2,1-3H3,(H,27,32)(H,28,29,30). The molecule has 0 atom stereocenters. The maximum atomic E-state index is 12.7. The Bertz CT molecular complexity index is 1040. The van der Waals surface area contributed by atoms with Gasteiger partial charge in [-0.05, 0) is 57.4 Å². The van der Waals surface area contributed by atoms with Crippen LogP contribution in [0.3, 0.4) is 0 Å². The van der Waals surface area contributed by atoms with E-state index >= 15 is 0 Å². The molecule has 0 fully saturated rings. The van der Waals surface area contributed by atoms with E-state index in [1.165, 1.54) is 0 Å². The average molecular weight is 450 g/mol. The number of carbonyl (C=O) groups excluding carboxylic acids is 3. The van der Waals surface area contributed by atoms with E-state index in [4.69, 9.17) is 4.74 Å². The summed E-state index contributed by atoms with van der Waals surface area (Å²) in [6.07, 6.45) is 2.78. The minimum Gasteiger partial charge on any atom is -0.444 e. The predicted octanol–water partition coefficient (Wildman–Crippen LogP) is 4.71. The van der Waals surface area contributed by atoms with Gasteiger partial charge in [0.2, 0.25) is 5.91 Å². The van der Waals surface area contributed by atoms with Crippen molar-refractivity contribution >= 4 is 29.3 Å². The van der Waals surface area contributed by atoms with Crippen LogP contribution in [0.5, 0.6) is 0 Å². The first kappa shape index (κ1) is 24.2. The summed E-state index contributed by atoms with van der Waals surface area (Å²) in [6.45, 7) is 5.98. The zero-order valence-corrected chi connectivity index (χ0v) is 19.4. The number of aliphatic imine (C=N–C) groups is 1. The Morgan fingerprint density at radius 2 is 1.73 bits per heavy atom. The number of amidine groups is 1. The second kappa shape index (κ2) is 10.9. The Balaban J connectivity index is 1.38. The van der Waals surface area contributed by atoms with E-state index in [0.29, 0.717) is 36.3 Å². The summed E-state index contributed by atoms with van der Waals surface area (Å²) >= 11 is 0. The van der Waals surface area contributed by atoms with Crippen LogP contribution < -0.4 is 10.6 Å². The number of amides is 2. The van der Waals surface area contributed by atoms with Gasteiger partial charge >= 0.3 is 6.09 Å². The van der Waals surface area contributed by atoms with Gasteiger partial charge in [-0.25, -0.2) is 9.79 Å². The van der Waals surface area contributed by atoms with Crippen molar-refractivity contribution in [2.75, 3.05) is 6.54 Å². The fourth-order valence-electron chi connectivity index (χ4n) is 3.49. The third-order valence-electron chi connectivity index (χ3n) is 5.02. The topological polar surface area (TPSA) is 96.9 Å². The molecule has 0 aromatic heterocycles. The lowest BCUT2D eigenvalue weighted by Gasteiger charge is -2.19. The summed E-state index contributed by atoms with van der Waals surface area (Å²) < 4.78 is 5.18. The van der Waals surface area contributed by atoms with E-state index in [1.54, 1.807) is 18.2 Å². The minimum absolute atomic E-state index is 0.0305. The Labute approximate surface area is 194 Å². The van der Waals surface area contributed by atoms with Crippen LogP contribution in [0.15, 0.2) is 53.5 Å². The zero-order chi connectivity index (χ0) is 23.8. The number of ether oxygens (including phenoxy) is 1. The van der Waals surface area contributed by atoms with Gasteiger partial charge < -0.3 is 15.4 Å². The Morgan fingerprint density at radius 3 is 2.45 bits per heavy atom. The van der Waals surface area contributed by atoms with Crippen LogP contribution in [0.25, 0.3) is 0 Å². The SMILES string of the molecule is CC(C)(C)OC(=O)NCCCCCC(=O)NC1=Nc2ccc(C(=O)c3ccccc3)cc2C1. The van der Waals surface area contributed by atoms with E-state index < -0.39 is 11.7 Å². The van der Waals surface area contributed by atoms with Gasteiger partial charge in [0.1, 0.15) is 11.4 Å². The van der Waals surface area contributed by atoms with Crippen LogP contribution in [0, 0.1) is 0 Å². The van der Waals surface area contributed by atoms with E-state index in [1.807, 2.05) is 51.1 Å². The first-order chi connectivity index (χ1) is 15.7. The Kier molecular flexibility index (Phi) is 7.98. The highest BCUT2D eigenvalue weighted by Gasteiger charge is 2.19. The van der Waals surface area contributed by atoms with Crippen molar-refractivity contribution in [2.24, 2.45) is 4.99 Å². The maximum Gasteiger partial charge on any atom is 0.407 e. The third-order valence-corrected chi connectivity index (χ3v) is 5.02. The monoisotopic (exact) mass is 449 g/mol. The lowest BCUT2D eigenvalue weighted by Crippen LogP contribution is -2.33. The molecule has 2 aromatic rings. The van der Waals surface area contributed by atoms with Crippen LogP contribution in [-0.2, 0) is 16.0 Å². The van der Waals surface area contributed by atoms with Gasteiger partial charge in [-0.3, -0.25) is 9.59 Å². The number of rotatable bonds is 8. The zero-order valence-electron chi connectivity index (χ0n) is 19.4. The minimum atomic E-state index is -0.510. The fourth-order valence-corrected chi connectivity index (χ4v) is 3.49. The molecule has 7 heteroatoms. The number of nitrogens with zero attached hydrogens (tertiary/aromatic N) is 1. The van der Waals surface area contributed by atoms with Gasteiger partial charge in [-0.15, -0.1) is 0 Å². The molecule has 0 aliphatic carbocycles. The molecule has 0 bridgehead atoms. The van der Waals surface area contributed by atoms with Gasteiger partial charge in [0.05, 0.1) is 5.69 Å². The van der Waals surface area contributed by atoms with Crippen LogP contribution in [0.2, 0.25) is 0 Å². The largest absolute Gasteiger partial charge is 0.444 e. The van der Waals surface area contributed by atoms with E-state index in [0.717, 1.165) is 30.5 Å². The summed E-state index contributed by atoms with van der Waals surface area (Å²) in [6, 6.07) is 14.6. The fraction of sp³-hybridized carbons (Fsp3) is 0.385. The van der Waals surface area contributed by atoms with Crippen molar-refractivity contribution in [3.05, 3.63) is 65.2 Å². The van der Waals surface area contributed by atoms with E-state index in [2.05, 4.69) is 15.6 Å². The molecule has 2 aromatic carbocycles. The summed E-state index contributed by atoms with van der Waals surface area (Å²) in [5, 5.41) is 5.59. The normalized spacial score (nSPS) is 12.5. The number of hydrogen-bond acceptors (Lipinski definition) is 5. The van der Waals surface area contributed by atoms with Gasteiger partial charge in [0, 0.05) is 30.5 Å². The average Bonchev–Trinajstić information content (AvgIpc) is 3.16. The molecular weight excluding hydrogens is 418 g/mol. The highest BCUT2D eigenvalue weighted by molar-refractivity contribution is 6.10. The van der Waals surface area contributed by atoms with Crippen molar-refractivity contribution in [3.63, 3.8) is 0 Å². The number of carbonyl (C=O) groups is 3. The van der Waals surface area contributed by atoms with Gasteiger partial charge in [-0.2, -0.15) is 0 Å². The molecular formula is C26H31N3O4. The first-order valence-electron chi connectivity index (χ1n) is 11.3. The Morgan fingerprint density at radius 1 is 0.970 bits per heavy atom. The molecule has 3 rings (SSSR count). The summed E-state index contributed by atoms with van der Waals surface area (Å²) in [5.41, 5.74) is 2.46. The smallest absolute Gasteiger partial charge is 0.407 e. The van der Waals surface area contributed by atoms with Gasteiger partial charge in [-0.1, -0.05) is 36.8 Å². The number of alkyl carbamates (subject to hydrolysis) is 1. The predicted molar refractivity (Wildman–Crippen MR) is 128 cm³/mol. The van der Waals surface area contributed by atoms with Crippen molar-refractivity contribution in [1.82, 2.24) is 10.6 Å². The molecule has 0 unspecified atom stereocenters. The second-order valence-corrected chi connectivity index (χ2v) is 9.06. The number of benzene rings is 2. The van der Waals surface area contributed by atoms with Crippen molar-refractivity contribution < 1.29 is 19.1 Å². The number of unbranched alkanes of at least 4 members (excludes halogenated alkanes) is 2. The lowest BCUT2D eigenvalue weighted by molar-refractivity contribution is -0.119. The van der Waals surface area contributed by atoms with Gasteiger partial charge in [0.15, 0.2) is 5.78 Å². The molecule has 174 valence electrons. The summed E-state index contributed by atoms with van der Waals surface area (Å²) in [7, 11) is 0. The maximum absolute atomic E-state index is 12.7. The third kappa shape index (κ3) is 7.56. The highest BCUT2D eigenvalue weighted by atomic mass is 16.6. The molecule has 0 saturated carbocycles. The second-order valence-electron chi connectivity index (χ2n) is 9.06. The van der Waals surface area contributed by atoms with Crippen LogP contribution in [0.4, 0.5) is 10.5 Å². The number of fused-ring (bicyclic) bond motifs is 1. The number of hydrogen-bond donors (Lipinski definition) is 2. The quantitative estimate of drug-likeness (QED) is 0.451. The molecule has 1 aliphatic rings. The number of ketones is 1.